The number of amides is 1. The molecule has 10 heteroatoms. The molecule has 1 fully saturated rings. The summed E-state index contributed by atoms with van der Waals surface area (Å²) in [7, 11) is 1.51. The Morgan fingerprint density at radius 1 is 1.34 bits per heavy atom. The van der Waals surface area contributed by atoms with Crippen LogP contribution in [0.3, 0.4) is 0 Å². The minimum atomic E-state index is -0.590. The van der Waals surface area contributed by atoms with Crippen LogP contribution in [0.1, 0.15) is 23.7 Å². The van der Waals surface area contributed by atoms with Crippen molar-refractivity contribution in [1.82, 2.24) is 9.97 Å². The lowest BCUT2D eigenvalue weighted by Gasteiger charge is -2.32. The summed E-state index contributed by atoms with van der Waals surface area (Å²) in [5.74, 6) is 1.10. The molecule has 29 heavy (non-hydrogen) atoms. The maximum atomic E-state index is 11.0. The number of halogens is 1. The lowest BCUT2D eigenvalue weighted by molar-refractivity contribution is -0.119. The highest BCUT2D eigenvalue weighted by Crippen LogP contribution is 2.39. The van der Waals surface area contributed by atoms with Crippen molar-refractivity contribution >= 4 is 29.3 Å². The first-order valence-electron chi connectivity index (χ1n) is 9.13. The maximum absolute atomic E-state index is 11.0. The van der Waals surface area contributed by atoms with Crippen LogP contribution in [0.4, 0.5) is 11.8 Å². The monoisotopic (exact) mass is 421 g/mol. The van der Waals surface area contributed by atoms with E-state index in [9.17, 15) is 4.79 Å². The molecule has 1 aromatic heterocycles. The second kappa shape index (κ2) is 9.15. The Morgan fingerprint density at radius 3 is 2.83 bits per heavy atom. The van der Waals surface area contributed by atoms with Gasteiger partial charge in [-0.1, -0.05) is 11.6 Å². The Kier molecular flexibility index (Phi) is 6.60. The second-order valence-electron chi connectivity index (χ2n) is 6.64. The van der Waals surface area contributed by atoms with Gasteiger partial charge in [0.1, 0.15) is 5.82 Å². The van der Waals surface area contributed by atoms with Crippen LogP contribution < -0.4 is 25.8 Å². The summed E-state index contributed by atoms with van der Waals surface area (Å²) in [6.07, 6.45) is 0.827. The Balaban J connectivity index is 2.01. The predicted octanol–water partition coefficient (Wildman–Crippen LogP) is 1.86. The third kappa shape index (κ3) is 4.99. The fraction of sp³-hybridized carbons (Fsp3) is 0.421. The summed E-state index contributed by atoms with van der Waals surface area (Å²) >= 11 is 6.58. The number of anilines is 2. The molecule has 0 radical (unpaired) electrons. The molecule has 1 aliphatic rings. The molecule has 1 amide bonds. The smallest absolute Gasteiger partial charge is 0.255 e. The van der Waals surface area contributed by atoms with Crippen molar-refractivity contribution in [2.24, 2.45) is 5.73 Å². The number of benzene rings is 1. The van der Waals surface area contributed by atoms with Gasteiger partial charge < -0.3 is 30.6 Å². The first kappa shape index (κ1) is 20.9. The first-order valence-corrected chi connectivity index (χ1v) is 9.51. The van der Waals surface area contributed by atoms with E-state index in [0.29, 0.717) is 42.1 Å². The normalized spacial score (nSPS) is 16.9. The number of hydrogen-bond acceptors (Lipinski definition) is 8. The van der Waals surface area contributed by atoms with E-state index in [4.69, 9.17) is 37.3 Å². The van der Waals surface area contributed by atoms with Crippen LogP contribution in [0.15, 0.2) is 18.2 Å². The summed E-state index contributed by atoms with van der Waals surface area (Å²) in [4.78, 5) is 21.7. The zero-order valence-corrected chi connectivity index (χ0v) is 17.1. The van der Waals surface area contributed by atoms with Crippen LogP contribution in [-0.4, -0.2) is 49.4 Å². The molecule has 4 N–H and O–H groups in total. The highest BCUT2D eigenvalue weighted by Gasteiger charge is 2.28. The van der Waals surface area contributed by atoms with Crippen LogP contribution >= 0.6 is 11.6 Å². The Bertz CT molecular complexity index is 875. The van der Waals surface area contributed by atoms with Crippen LogP contribution in [-0.2, 0) is 9.53 Å². The van der Waals surface area contributed by atoms with Crippen molar-refractivity contribution in [3.05, 3.63) is 34.5 Å². The molecule has 0 bridgehead atoms. The standard InChI is InChI=1S/C19H24ClN5O4/c1-11-6-18(24-19(22)23-11)25-4-3-5-28-9-14(25)12-7-15(27-2)16(8-13(12)20)29-10-17(21)26/h6-8,14H,3-5,9-10H2,1-2H3,(H2,21,26)(H2,22,23,24). The number of carbonyl (C=O) groups excluding carboxylic acids is 1. The summed E-state index contributed by atoms with van der Waals surface area (Å²) in [5, 5.41) is 0.449. The van der Waals surface area contributed by atoms with Crippen LogP contribution in [0.5, 0.6) is 11.5 Å². The van der Waals surface area contributed by atoms with Crippen molar-refractivity contribution in [3.8, 4) is 11.5 Å². The number of primary amides is 1. The molecule has 0 spiro atoms. The molecule has 2 aromatic rings. The Morgan fingerprint density at radius 2 is 2.14 bits per heavy atom. The third-order valence-corrected chi connectivity index (χ3v) is 4.83. The van der Waals surface area contributed by atoms with Gasteiger partial charge in [0.05, 0.1) is 19.8 Å². The van der Waals surface area contributed by atoms with E-state index in [1.165, 1.54) is 7.11 Å². The van der Waals surface area contributed by atoms with Crippen LogP contribution in [0.2, 0.25) is 5.02 Å². The van der Waals surface area contributed by atoms with Gasteiger partial charge in [-0.3, -0.25) is 4.79 Å². The maximum Gasteiger partial charge on any atom is 0.255 e. The number of rotatable bonds is 6. The van der Waals surface area contributed by atoms with Crippen molar-refractivity contribution in [2.45, 2.75) is 19.4 Å². The molecule has 2 heterocycles. The topological polar surface area (TPSA) is 126 Å². The zero-order chi connectivity index (χ0) is 21.0. The van der Waals surface area contributed by atoms with Crippen LogP contribution in [0, 0.1) is 6.92 Å². The molecule has 1 saturated heterocycles. The lowest BCUT2D eigenvalue weighted by Crippen LogP contribution is -2.32. The van der Waals surface area contributed by atoms with Gasteiger partial charge in [-0.15, -0.1) is 0 Å². The molecule has 1 aromatic carbocycles. The van der Waals surface area contributed by atoms with E-state index < -0.39 is 5.91 Å². The highest BCUT2D eigenvalue weighted by molar-refractivity contribution is 6.31. The summed E-state index contributed by atoms with van der Waals surface area (Å²) in [6.45, 7) is 3.34. The summed E-state index contributed by atoms with van der Waals surface area (Å²) in [5.41, 5.74) is 12.6. The van der Waals surface area contributed by atoms with Gasteiger partial charge in [-0.25, -0.2) is 4.98 Å². The minimum absolute atomic E-state index is 0.211. The van der Waals surface area contributed by atoms with Crippen molar-refractivity contribution in [3.63, 3.8) is 0 Å². The molecular formula is C19H24ClN5O4. The van der Waals surface area contributed by atoms with Crippen molar-refractivity contribution in [1.29, 1.82) is 0 Å². The average molecular weight is 422 g/mol. The van der Waals surface area contributed by atoms with Gasteiger partial charge in [0, 0.05) is 36.0 Å². The second-order valence-corrected chi connectivity index (χ2v) is 7.05. The number of nitrogens with two attached hydrogens (primary N) is 2. The van der Waals surface area contributed by atoms with Crippen molar-refractivity contribution < 1.29 is 19.0 Å². The highest BCUT2D eigenvalue weighted by atomic mass is 35.5. The van der Waals surface area contributed by atoms with E-state index >= 15 is 0 Å². The van der Waals surface area contributed by atoms with E-state index in [1.807, 2.05) is 13.0 Å². The SMILES string of the molecule is COc1cc(C2COCCCN2c2cc(C)nc(N)n2)c(Cl)cc1OCC(N)=O. The average Bonchev–Trinajstić information content (AvgIpc) is 2.91. The molecule has 0 aliphatic carbocycles. The Labute approximate surface area is 173 Å². The van der Waals surface area contributed by atoms with E-state index in [1.54, 1.807) is 12.1 Å². The number of nitrogens with zero attached hydrogens (tertiary/aromatic N) is 3. The number of methoxy groups -OCH3 is 1. The summed E-state index contributed by atoms with van der Waals surface area (Å²) in [6, 6.07) is 5.05. The Hall–Kier alpha value is -2.78. The molecule has 156 valence electrons. The number of aryl methyl sites for hydroxylation is 1. The quantitative estimate of drug-likeness (QED) is 0.723. The number of aromatic nitrogens is 2. The lowest BCUT2D eigenvalue weighted by atomic mass is 10.0. The van der Waals surface area contributed by atoms with Gasteiger partial charge in [-0.05, 0) is 25.0 Å². The molecular weight excluding hydrogens is 398 g/mol. The molecule has 3 rings (SSSR count). The van der Waals surface area contributed by atoms with Gasteiger partial charge in [0.25, 0.3) is 5.91 Å². The van der Waals surface area contributed by atoms with E-state index in [-0.39, 0.29) is 18.6 Å². The fourth-order valence-electron chi connectivity index (χ4n) is 3.26. The van der Waals surface area contributed by atoms with Gasteiger partial charge in [-0.2, -0.15) is 4.98 Å². The first-order chi connectivity index (χ1) is 13.9. The molecule has 1 aliphatic heterocycles. The fourth-order valence-corrected chi connectivity index (χ4v) is 3.54. The number of carbonyl (C=O) groups is 1. The van der Waals surface area contributed by atoms with Gasteiger partial charge in [0.2, 0.25) is 5.95 Å². The number of hydrogen-bond donors (Lipinski definition) is 2. The third-order valence-electron chi connectivity index (χ3n) is 4.50. The number of nitrogen functional groups attached to an aromatic ring is 1. The van der Waals surface area contributed by atoms with Gasteiger partial charge >= 0.3 is 0 Å². The van der Waals surface area contributed by atoms with E-state index in [2.05, 4.69) is 14.9 Å². The summed E-state index contributed by atoms with van der Waals surface area (Å²) < 4.78 is 16.7. The van der Waals surface area contributed by atoms with Crippen molar-refractivity contribution in [2.75, 3.05) is 44.1 Å². The molecule has 9 nitrogen and oxygen atoms in total. The molecule has 1 atom stereocenters. The zero-order valence-electron chi connectivity index (χ0n) is 16.4. The number of ether oxygens (including phenoxy) is 3. The minimum Gasteiger partial charge on any atom is -0.493 e. The predicted molar refractivity (Wildman–Crippen MR) is 109 cm³/mol. The molecule has 0 saturated carbocycles. The van der Waals surface area contributed by atoms with Crippen LogP contribution in [0.25, 0.3) is 0 Å². The van der Waals surface area contributed by atoms with E-state index in [0.717, 1.165) is 17.7 Å². The molecule has 1 unspecified atom stereocenters. The largest absolute Gasteiger partial charge is 0.493 e. The van der Waals surface area contributed by atoms with Gasteiger partial charge in [0.15, 0.2) is 18.1 Å².